The van der Waals surface area contributed by atoms with Crippen LogP contribution in [0.3, 0.4) is 0 Å². The van der Waals surface area contributed by atoms with Gasteiger partial charge in [-0.3, -0.25) is 9.36 Å². The predicted octanol–water partition coefficient (Wildman–Crippen LogP) is 3.88. The van der Waals surface area contributed by atoms with Crippen LogP contribution in [0.2, 0.25) is 0 Å². The maximum atomic E-state index is 14.0. The van der Waals surface area contributed by atoms with Gasteiger partial charge >= 0.3 is 0 Å². The Morgan fingerprint density at radius 3 is 2.79 bits per heavy atom. The fourth-order valence-electron chi connectivity index (χ4n) is 3.75. The summed E-state index contributed by atoms with van der Waals surface area (Å²) in [6, 6.07) is 6.90. The van der Waals surface area contributed by atoms with Gasteiger partial charge in [-0.05, 0) is 43.4 Å². The first-order valence-corrected chi connectivity index (χ1v) is 9.44. The molecule has 0 fully saturated rings. The number of fused-ring (bicyclic) bond motifs is 1. The van der Waals surface area contributed by atoms with Crippen molar-refractivity contribution >= 4 is 0 Å². The van der Waals surface area contributed by atoms with Crippen molar-refractivity contribution in [1.82, 2.24) is 19.5 Å². The third-order valence-corrected chi connectivity index (χ3v) is 5.21. The van der Waals surface area contributed by atoms with Crippen LogP contribution in [-0.4, -0.2) is 19.5 Å². The van der Waals surface area contributed by atoms with Crippen LogP contribution in [0.15, 0.2) is 47.7 Å². The highest BCUT2D eigenvalue weighted by atomic mass is 19.1. The quantitative estimate of drug-likeness (QED) is 0.687. The highest BCUT2D eigenvalue weighted by molar-refractivity contribution is 5.52. The molecule has 0 saturated heterocycles. The Morgan fingerprint density at radius 1 is 1.11 bits per heavy atom. The number of aryl methyl sites for hydroxylation is 1. The van der Waals surface area contributed by atoms with Gasteiger partial charge in [0.15, 0.2) is 0 Å². The molecular formula is C21H20F2N4O. The van der Waals surface area contributed by atoms with Crippen molar-refractivity contribution < 1.29 is 8.78 Å². The van der Waals surface area contributed by atoms with Crippen molar-refractivity contribution in [2.24, 2.45) is 0 Å². The number of hydrogen-bond donors (Lipinski definition) is 0. The number of aromatic nitrogens is 4. The van der Waals surface area contributed by atoms with E-state index in [2.05, 4.69) is 9.97 Å². The monoisotopic (exact) mass is 382 g/mol. The van der Waals surface area contributed by atoms with Gasteiger partial charge in [-0.1, -0.05) is 12.5 Å². The number of rotatable bonds is 4. The van der Waals surface area contributed by atoms with Crippen molar-refractivity contribution in [2.45, 2.75) is 44.6 Å². The maximum Gasteiger partial charge on any atom is 0.254 e. The van der Waals surface area contributed by atoms with Crippen molar-refractivity contribution in [2.75, 3.05) is 0 Å². The summed E-state index contributed by atoms with van der Waals surface area (Å²) in [7, 11) is 0. The molecule has 1 aliphatic rings. The van der Waals surface area contributed by atoms with Gasteiger partial charge in [0.1, 0.15) is 23.8 Å². The van der Waals surface area contributed by atoms with Crippen LogP contribution in [0.5, 0.6) is 0 Å². The van der Waals surface area contributed by atoms with Crippen LogP contribution in [0, 0.1) is 11.6 Å². The summed E-state index contributed by atoms with van der Waals surface area (Å²) in [5.41, 5.74) is 1.51. The average molecular weight is 382 g/mol. The minimum atomic E-state index is -0.580. The van der Waals surface area contributed by atoms with Gasteiger partial charge in [-0.25, -0.2) is 23.7 Å². The van der Waals surface area contributed by atoms with Crippen molar-refractivity contribution in [1.29, 1.82) is 0 Å². The van der Waals surface area contributed by atoms with Crippen molar-refractivity contribution in [3.05, 3.63) is 76.2 Å². The van der Waals surface area contributed by atoms with E-state index < -0.39 is 11.6 Å². The predicted molar refractivity (Wildman–Crippen MR) is 101 cm³/mol. The Balaban J connectivity index is 1.66. The zero-order valence-electron chi connectivity index (χ0n) is 15.3. The van der Waals surface area contributed by atoms with E-state index >= 15 is 0 Å². The number of benzene rings is 1. The van der Waals surface area contributed by atoms with Gasteiger partial charge in [0.05, 0.1) is 11.4 Å². The fourth-order valence-corrected chi connectivity index (χ4v) is 3.75. The molecule has 0 radical (unpaired) electrons. The molecule has 0 spiro atoms. The first-order chi connectivity index (χ1) is 13.6. The second-order valence-electron chi connectivity index (χ2n) is 7.05. The molecule has 0 bridgehead atoms. The van der Waals surface area contributed by atoms with Crippen molar-refractivity contribution in [3.8, 4) is 11.4 Å². The molecule has 2 aromatic heterocycles. The van der Waals surface area contributed by atoms with E-state index in [1.54, 1.807) is 16.8 Å². The van der Waals surface area contributed by atoms with Gasteiger partial charge in [0.2, 0.25) is 0 Å². The van der Waals surface area contributed by atoms with Crippen LogP contribution >= 0.6 is 0 Å². The molecule has 3 heterocycles. The normalized spacial score (nSPS) is 16.4. The minimum Gasteiger partial charge on any atom is -0.296 e. The van der Waals surface area contributed by atoms with E-state index in [0.29, 0.717) is 36.3 Å². The zero-order chi connectivity index (χ0) is 19.5. The Morgan fingerprint density at radius 2 is 2.00 bits per heavy atom. The lowest BCUT2D eigenvalue weighted by Crippen LogP contribution is -2.25. The smallest absolute Gasteiger partial charge is 0.254 e. The van der Waals surface area contributed by atoms with Crippen LogP contribution in [0.1, 0.15) is 43.0 Å². The van der Waals surface area contributed by atoms with Gasteiger partial charge < -0.3 is 0 Å². The molecule has 7 heteroatoms. The number of nitrogens with zero attached hydrogens (tertiary/aromatic N) is 4. The first-order valence-electron chi connectivity index (χ1n) is 9.44. The van der Waals surface area contributed by atoms with Crippen molar-refractivity contribution in [3.63, 3.8) is 0 Å². The third-order valence-electron chi connectivity index (χ3n) is 5.21. The van der Waals surface area contributed by atoms with E-state index in [9.17, 15) is 13.6 Å². The molecule has 3 aromatic rings. The molecule has 0 aliphatic carbocycles. The summed E-state index contributed by atoms with van der Waals surface area (Å²) in [4.78, 5) is 25.6. The molecule has 1 unspecified atom stereocenters. The van der Waals surface area contributed by atoms with Gasteiger partial charge in [0, 0.05) is 30.8 Å². The highest BCUT2D eigenvalue weighted by Crippen LogP contribution is 2.30. The Kier molecular flexibility index (Phi) is 5.23. The van der Waals surface area contributed by atoms with Crippen LogP contribution in [0.25, 0.3) is 11.4 Å². The lowest BCUT2D eigenvalue weighted by molar-refractivity contribution is 0.521. The van der Waals surface area contributed by atoms with E-state index in [0.717, 1.165) is 31.2 Å². The largest absolute Gasteiger partial charge is 0.296 e. The Bertz CT molecular complexity index is 1040. The second-order valence-corrected chi connectivity index (χ2v) is 7.05. The third kappa shape index (κ3) is 3.83. The van der Waals surface area contributed by atoms with Crippen LogP contribution in [-0.2, 0) is 13.0 Å². The summed E-state index contributed by atoms with van der Waals surface area (Å²) in [5.74, 6) is -0.361. The van der Waals surface area contributed by atoms with E-state index in [4.69, 9.17) is 4.98 Å². The molecule has 144 valence electrons. The molecule has 1 aromatic carbocycles. The second kappa shape index (κ2) is 7.96. The summed E-state index contributed by atoms with van der Waals surface area (Å²) < 4.78 is 28.9. The maximum absolute atomic E-state index is 14.0. The Labute approximate surface area is 161 Å². The van der Waals surface area contributed by atoms with Crippen LogP contribution in [0.4, 0.5) is 8.78 Å². The van der Waals surface area contributed by atoms with Gasteiger partial charge in [-0.15, -0.1) is 0 Å². The molecule has 4 rings (SSSR count). The fraction of sp³-hybridized carbons (Fsp3) is 0.333. The lowest BCUT2D eigenvalue weighted by Gasteiger charge is -2.18. The standard InChI is InChI=1S/C21H20F2N4O/c22-16-7-6-14(17(23)11-16)4-5-15-3-1-2-10-27-20(28)12-19(26-21(15)27)18-8-9-24-13-25-18/h6-9,11-13,15H,1-5,10H2. The molecule has 5 nitrogen and oxygen atoms in total. The molecule has 1 atom stereocenters. The summed E-state index contributed by atoms with van der Waals surface area (Å²) in [5, 5.41) is 0. The molecular weight excluding hydrogens is 362 g/mol. The first kappa shape index (κ1) is 18.4. The topological polar surface area (TPSA) is 60.7 Å². The number of hydrogen-bond acceptors (Lipinski definition) is 4. The summed E-state index contributed by atoms with van der Waals surface area (Å²) in [6.07, 6.45) is 6.90. The molecule has 0 N–H and O–H groups in total. The Hall–Kier alpha value is -2.96. The zero-order valence-corrected chi connectivity index (χ0v) is 15.3. The molecule has 1 aliphatic heterocycles. The summed E-state index contributed by atoms with van der Waals surface area (Å²) >= 11 is 0. The minimum absolute atomic E-state index is 0.0291. The SMILES string of the molecule is O=c1cc(-c2ccncn2)nc2n1CCCCC2CCc1ccc(F)cc1F. The van der Waals surface area contributed by atoms with Gasteiger partial charge in [0.25, 0.3) is 5.56 Å². The average Bonchev–Trinajstić information content (AvgIpc) is 2.91. The van der Waals surface area contributed by atoms with E-state index in [1.807, 2.05) is 0 Å². The number of halogens is 2. The van der Waals surface area contributed by atoms with Gasteiger partial charge in [-0.2, -0.15) is 0 Å². The lowest BCUT2D eigenvalue weighted by atomic mass is 9.94. The molecule has 0 saturated carbocycles. The van der Waals surface area contributed by atoms with E-state index in [1.165, 1.54) is 24.5 Å². The highest BCUT2D eigenvalue weighted by Gasteiger charge is 2.23. The summed E-state index contributed by atoms with van der Waals surface area (Å²) in [6.45, 7) is 0.632. The van der Waals surface area contributed by atoms with E-state index in [-0.39, 0.29) is 11.5 Å². The van der Waals surface area contributed by atoms with Crippen LogP contribution < -0.4 is 5.56 Å². The molecule has 28 heavy (non-hydrogen) atoms. The molecule has 0 amide bonds.